The van der Waals surface area contributed by atoms with E-state index in [2.05, 4.69) is 5.32 Å². The van der Waals surface area contributed by atoms with Crippen molar-refractivity contribution in [3.63, 3.8) is 0 Å². The molecule has 0 aliphatic carbocycles. The van der Waals surface area contributed by atoms with Gasteiger partial charge in [0.15, 0.2) is 5.78 Å². The average molecular weight is 582 g/mol. The van der Waals surface area contributed by atoms with Crippen molar-refractivity contribution in [2.75, 3.05) is 39.6 Å². The normalized spacial score (nSPS) is 14.6. The molecule has 1 amide bonds. The number of carbonyl (C=O) groups is 4. The fourth-order valence-electron chi connectivity index (χ4n) is 2.71. The Morgan fingerprint density at radius 3 is 1.88 bits per heavy atom. The number of Topliss-reactive ketones (excluding diaryl/α,β-unsaturated/α-hetero) is 1. The lowest BCUT2D eigenvalue weighted by molar-refractivity contribution is -0.155. The highest BCUT2D eigenvalue weighted by Gasteiger charge is 2.31. The fourth-order valence-corrected chi connectivity index (χ4v) is 2.71. The van der Waals surface area contributed by atoms with Gasteiger partial charge >= 0.3 is 18.0 Å². The Kier molecular flexibility index (Phi) is 14.3. The van der Waals surface area contributed by atoms with E-state index in [-0.39, 0.29) is 55.6 Å². The molecule has 41 heavy (non-hydrogen) atoms. The van der Waals surface area contributed by atoms with Gasteiger partial charge < -0.3 is 34.1 Å². The van der Waals surface area contributed by atoms with Gasteiger partial charge in [-0.1, -0.05) is 13.8 Å². The summed E-state index contributed by atoms with van der Waals surface area (Å²) in [5.41, 5.74) is -1.95. The number of carbonyl (C=O) groups excluding carboxylic acids is 4. The molecule has 1 fully saturated rings. The molecule has 1 aliphatic heterocycles. The Morgan fingerprint density at radius 1 is 0.854 bits per heavy atom. The second-order valence-electron chi connectivity index (χ2n) is 11.5. The van der Waals surface area contributed by atoms with Crippen molar-refractivity contribution >= 4 is 23.8 Å². The van der Waals surface area contributed by atoms with E-state index in [1.54, 1.807) is 38.1 Å². The van der Waals surface area contributed by atoms with Crippen molar-refractivity contribution in [3.05, 3.63) is 29.8 Å². The molecule has 11 nitrogen and oxygen atoms in total. The van der Waals surface area contributed by atoms with Crippen LogP contribution < -0.4 is 10.1 Å². The quantitative estimate of drug-likeness (QED) is 0.102. The average Bonchev–Trinajstić information content (AvgIpc) is 3.76. The van der Waals surface area contributed by atoms with Gasteiger partial charge in [-0.2, -0.15) is 0 Å². The summed E-state index contributed by atoms with van der Waals surface area (Å²) >= 11 is 0. The van der Waals surface area contributed by atoms with E-state index in [1.165, 1.54) is 13.8 Å². The van der Waals surface area contributed by atoms with Crippen LogP contribution in [0.15, 0.2) is 24.3 Å². The third-order valence-electron chi connectivity index (χ3n) is 6.54. The Labute approximate surface area is 243 Å². The highest BCUT2D eigenvalue weighted by Crippen LogP contribution is 2.23. The zero-order valence-corrected chi connectivity index (χ0v) is 25.7. The lowest BCUT2D eigenvalue weighted by Crippen LogP contribution is -2.32. The molecule has 0 spiro atoms. The number of hydrogen-bond acceptors (Lipinski definition) is 10. The summed E-state index contributed by atoms with van der Waals surface area (Å²) in [6, 6.07) is 6.32. The number of hydrogen-bond donors (Lipinski definition) is 2. The predicted octanol–water partition coefficient (Wildman–Crippen LogP) is 4.09. The molecular formula is C30H47NO10. The minimum Gasteiger partial charge on any atom is -0.490 e. The first-order valence-electron chi connectivity index (χ1n) is 13.9. The van der Waals surface area contributed by atoms with Gasteiger partial charge in [-0.25, -0.2) is 4.79 Å². The van der Waals surface area contributed by atoms with Crippen LogP contribution in [0.25, 0.3) is 0 Å². The highest BCUT2D eigenvalue weighted by atomic mass is 16.6. The number of amides is 1. The van der Waals surface area contributed by atoms with Gasteiger partial charge in [0.2, 0.25) is 0 Å². The minimum absolute atomic E-state index is 0.0266. The van der Waals surface area contributed by atoms with E-state index in [4.69, 9.17) is 23.7 Å². The molecule has 1 aromatic carbocycles. The third-order valence-corrected chi connectivity index (χ3v) is 6.54. The summed E-state index contributed by atoms with van der Waals surface area (Å²) in [7, 11) is 0. The van der Waals surface area contributed by atoms with E-state index in [0.29, 0.717) is 24.3 Å². The Hall–Kier alpha value is -3.18. The van der Waals surface area contributed by atoms with Gasteiger partial charge in [0, 0.05) is 5.56 Å². The van der Waals surface area contributed by atoms with Crippen LogP contribution in [0.3, 0.4) is 0 Å². The largest absolute Gasteiger partial charge is 0.490 e. The van der Waals surface area contributed by atoms with Gasteiger partial charge in [0.1, 0.15) is 43.9 Å². The fraction of sp³-hybridized carbons (Fsp3) is 0.667. The number of ether oxygens (including phenoxy) is 5. The predicted molar refractivity (Wildman–Crippen MR) is 152 cm³/mol. The number of esters is 2. The number of aliphatic hydroxyl groups is 1. The maximum atomic E-state index is 11.9. The molecule has 232 valence electrons. The summed E-state index contributed by atoms with van der Waals surface area (Å²) < 4.78 is 25.5. The molecule has 0 aromatic heterocycles. The number of ketones is 1. The number of alkyl carbamates (subject to hydrolysis) is 1. The molecule has 1 aromatic rings. The van der Waals surface area contributed by atoms with Crippen LogP contribution in [0, 0.1) is 10.8 Å². The molecule has 1 heterocycles. The van der Waals surface area contributed by atoms with E-state index in [9.17, 15) is 24.3 Å². The van der Waals surface area contributed by atoms with Gasteiger partial charge in [0.25, 0.3) is 0 Å². The molecule has 0 bridgehead atoms. The number of epoxide rings is 1. The number of benzene rings is 1. The summed E-state index contributed by atoms with van der Waals surface area (Å²) in [5, 5.41) is 12.2. The van der Waals surface area contributed by atoms with Gasteiger partial charge in [-0.3, -0.25) is 14.4 Å². The topological polar surface area (TPSA) is 150 Å². The van der Waals surface area contributed by atoms with Crippen LogP contribution in [-0.4, -0.2) is 80.2 Å². The molecule has 0 saturated carbocycles. The zero-order chi connectivity index (χ0) is 31.3. The molecule has 1 atom stereocenters. The molecule has 2 N–H and O–H groups in total. The van der Waals surface area contributed by atoms with Crippen LogP contribution >= 0.6 is 0 Å². The molecule has 2 rings (SSSR count). The first-order valence-corrected chi connectivity index (χ1v) is 13.9. The van der Waals surface area contributed by atoms with Crippen molar-refractivity contribution in [2.45, 2.75) is 79.9 Å². The Balaban J connectivity index is 0.000000580. The van der Waals surface area contributed by atoms with Crippen molar-refractivity contribution < 1.29 is 48.0 Å². The summed E-state index contributed by atoms with van der Waals surface area (Å²) in [6.45, 7) is 15.7. The Bertz CT molecular complexity index is 992. The van der Waals surface area contributed by atoms with E-state index in [1.807, 2.05) is 27.7 Å². The van der Waals surface area contributed by atoms with Crippen LogP contribution in [0.1, 0.15) is 78.6 Å². The van der Waals surface area contributed by atoms with Crippen molar-refractivity contribution in [1.82, 2.24) is 5.32 Å². The zero-order valence-electron chi connectivity index (χ0n) is 25.7. The third kappa shape index (κ3) is 13.8. The summed E-state index contributed by atoms with van der Waals surface area (Å²) in [4.78, 5) is 46.6. The monoisotopic (exact) mass is 581 g/mol. The standard InChI is InChI=1S/C21H31NO7.C9H16O3/c1-6-20(2,3)18(24)28-12-11-22-19(25)29-14-13-27-16-9-7-15(8-10-16)17(23)21(4,5)26;1-4-9(2,3)8(10)12-6-7-5-11-7/h7-10,26H,6,11-14H2,1-5H3,(H,22,25);7H,4-6H2,1-3H3. The molecule has 1 aliphatic rings. The van der Waals surface area contributed by atoms with Crippen LogP contribution in [0.2, 0.25) is 0 Å². The Morgan fingerprint density at radius 2 is 1.39 bits per heavy atom. The van der Waals surface area contributed by atoms with Gasteiger partial charge in [0.05, 0.1) is 24.0 Å². The maximum absolute atomic E-state index is 11.9. The van der Waals surface area contributed by atoms with Gasteiger partial charge in [-0.15, -0.1) is 0 Å². The molecule has 0 radical (unpaired) electrons. The summed E-state index contributed by atoms with van der Waals surface area (Å²) in [6.07, 6.45) is 1.00. The first-order chi connectivity index (χ1) is 19.0. The van der Waals surface area contributed by atoms with Crippen molar-refractivity contribution in [2.24, 2.45) is 10.8 Å². The van der Waals surface area contributed by atoms with Crippen LogP contribution in [0.4, 0.5) is 4.79 Å². The van der Waals surface area contributed by atoms with E-state index >= 15 is 0 Å². The molecular weight excluding hydrogens is 534 g/mol. The lowest BCUT2D eigenvalue weighted by atomic mass is 9.91. The van der Waals surface area contributed by atoms with Crippen LogP contribution in [-0.2, 0) is 28.5 Å². The minimum atomic E-state index is -1.44. The summed E-state index contributed by atoms with van der Waals surface area (Å²) in [5.74, 6) is -0.306. The van der Waals surface area contributed by atoms with Crippen molar-refractivity contribution in [3.8, 4) is 5.75 Å². The first kappa shape index (κ1) is 35.8. The second kappa shape index (κ2) is 16.3. The molecule has 1 saturated heterocycles. The SMILES string of the molecule is CCC(C)(C)C(=O)OCC1CO1.CCC(C)(C)C(=O)OCCNC(=O)OCCOc1ccc(C(=O)C(C)(C)O)cc1. The van der Waals surface area contributed by atoms with Crippen molar-refractivity contribution in [1.29, 1.82) is 0 Å². The number of nitrogens with one attached hydrogen (secondary N) is 1. The smallest absolute Gasteiger partial charge is 0.407 e. The second-order valence-corrected chi connectivity index (χ2v) is 11.5. The van der Waals surface area contributed by atoms with E-state index in [0.717, 1.165) is 13.0 Å². The molecule has 1 unspecified atom stereocenters. The van der Waals surface area contributed by atoms with Crippen LogP contribution in [0.5, 0.6) is 5.75 Å². The lowest BCUT2D eigenvalue weighted by Gasteiger charge is -2.20. The highest BCUT2D eigenvalue weighted by molar-refractivity contribution is 6.01. The van der Waals surface area contributed by atoms with E-state index < -0.39 is 17.1 Å². The van der Waals surface area contributed by atoms with Gasteiger partial charge in [-0.05, 0) is 78.6 Å². The maximum Gasteiger partial charge on any atom is 0.407 e. The molecule has 11 heteroatoms. The number of rotatable bonds is 15.